The summed E-state index contributed by atoms with van der Waals surface area (Å²) in [4.78, 5) is 36.2. The molecule has 1 saturated heterocycles. The van der Waals surface area contributed by atoms with Gasteiger partial charge in [-0.1, -0.05) is 41.5 Å². The third-order valence-corrected chi connectivity index (χ3v) is 8.96. The van der Waals surface area contributed by atoms with E-state index in [2.05, 4.69) is 58.7 Å². The first-order valence-corrected chi connectivity index (χ1v) is 14.7. The lowest BCUT2D eigenvalue weighted by atomic mass is 9.78. The van der Waals surface area contributed by atoms with Crippen LogP contribution in [0.3, 0.4) is 0 Å². The van der Waals surface area contributed by atoms with Gasteiger partial charge in [-0.25, -0.2) is 9.97 Å². The van der Waals surface area contributed by atoms with E-state index in [0.29, 0.717) is 24.7 Å². The maximum Gasteiger partial charge on any atom is 0.309 e. The molecule has 11 heteroatoms. The predicted octanol–water partition coefficient (Wildman–Crippen LogP) is 6.80. The van der Waals surface area contributed by atoms with Crippen LogP contribution in [0.5, 0.6) is 5.75 Å². The summed E-state index contributed by atoms with van der Waals surface area (Å²) in [6, 6.07) is 4.47. The summed E-state index contributed by atoms with van der Waals surface area (Å²) < 4.78 is 7.68. The monoisotopic (exact) mass is 638 g/mol. The fourth-order valence-electron chi connectivity index (χ4n) is 5.32. The van der Waals surface area contributed by atoms with Gasteiger partial charge in [0.1, 0.15) is 17.3 Å². The van der Waals surface area contributed by atoms with Crippen LogP contribution in [0, 0.1) is 6.92 Å². The maximum atomic E-state index is 13.0. The van der Waals surface area contributed by atoms with Crippen LogP contribution in [0.1, 0.15) is 87.7 Å². The summed E-state index contributed by atoms with van der Waals surface area (Å²) in [6.07, 6.45) is 5.22. The van der Waals surface area contributed by atoms with Crippen LogP contribution in [0.25, 0.3) is 10.6 Å². The smallest absolute Gasteiger partial charge is 0.309 e. The summed E-state index contributed by atoms with van der Waals surface area (Å²) in [5.74, 6) is 0.439. The number of aromatic nitrogens is 3. The van der Waals surface area contributed by atoms with Gasteiger partial charge < -0.3 is 19.3 Å². The molecule has 0 unspecified atom stereocenters. The molecule has 2 aromatic heterocycles. The molecule has 1 aliphatic rings. The normalized spacial score (nSPS) is 14.2. The highest BCUT2D eigenvalue weighted by molar-refractivity contribution is 7.15. The largest absolute Gasteiger partial charge is 0.496 e. The Hall–Kier alpha value is -2.62. The van der Waals surface area contributed by atoms with E-state index in [9.17, 15) is 9.59 Å². The minimum Gasteiger partial charge on any atom is -0.496 e. The molecule has 42 heavy (non-hydrogen) atoms. The van der Waals surface area contributed by atoms with E-state index in [0.717, 1.165) is 34.9 Å². The molecule has 1 N–H and O–H groups in total. The lowest BCUT2D eigenvalue weighted by molar-refractivity contribution is -0.136. The Kier molecular flexibility index (Phi) is 11.7. The Morgan fingerprint density at radius 3 is 2.10 bits per heavy atom. The van der Waals surface area contributed by atoms with E-state index in [1.54, 1.807) is 29.3 Å². The van der Waals surface area contributed by atoms with Gasteiger partial charge in [0.25, 0.3) is 0 Å². The highest BCUT2D eigenvalue weighted by Gasteiger charge is 2.29. The number of carboxylic acid groups (broad SMARTS) is 1. The zero-order valence-electron chi connectivity index (χ0n) is 25.8. The van der Waals surface area contributed by atoms with Crippen LogP contribution >= 0.6 is 36.2 Å². The van der Waals surface area contributed by atoms with Crippen molar-refractivity contribution in [1.82, 2.24) is 19.4 Å². The molecule has 0 radical (unpaired) electrons. The summed E-state index contributed by atoms with van der Waals surface area (Å²) in [7, 11) is 1.76. The van der Waals surface area contributed by atoms with Gasteiger partial charge in [-0.05, 0) is 48.6 Å². The van der Waals surface area contributed by atoms with Crippen molar-refractivity contribution in [3.63, 3.8) is 0 Å². The van der Waals surface area contributed by atoms with Crippen molar-refractivity contribution in [1.29, 1.82) is 0 Å². The van der Waals surface area contributed by atoms with Crippen LogP contribution < -0.4 is 4.74 Å². The van der Waals surface area contributed by atoms with Crippen molar-refractivity contribution in [2.45, 2.75) is 91.0 Å². The van der Waals surface area contributed by atoms with Crippen LogP contribution in [-0.2, 0) is 33.4 Å². The number of amides is 1. The van der Waals surface area contributed by atoms with Crippen molar-refractivity contribution in [3.05, 3.63) is 52.0 Å². The number of carbonyl (C=O) groups is 2. The van der Waals surface area contributed by atoms with Gasteiger partial charge in [-0.2, -0.15) is 0 Å². The van der Waals surface area contributed by atoms with Crippen LogP contribution in [-0.4, -0.2) is 56.6 Å². The number of halogens is 2. The minimum atomic E-state index is -0.927. The fraction of sp³-hybridized carbons (Fsp3) is 0.548. The Morgan fingerprint density at radius 1 is 1.02 bits per heavy atom. The lowest BCUT2D eigenvalue weighted by Gasteiger charge is -2.31. The zero-order chi connectivity index (χ0) is 29.4. The van der Waals surface area contributed by atoms with Crippen molar-refractivity contribution < 1.29 is 19.4 Å². The summed E-state index contributed by atoms with van der Waals surface area (Å²) in [6.45, 7) is 16.7. The maximum absolute atomic E-state index is 13.0. The second kappa shape index (κ2) is 13.8. The predicted molar refractivity (Wildman–Crippen MR) is 173 cm³/mol. The van der Waals surface area contributed by atoms with Gasteiger partial charge >= 0.3 is 5.97 Å². The fourth-order valence-corrected chi connectivity index (χ4v) is 6.39. The molecule has 0 spiro atoms. The number of rotatable bonds is 7. The topological polar surface area (TPSA) is 97.5 Å². The van der Waals surface area contributed by atoms with Crippen molar-refractivity contribution >= 4 is 48.0 Å². The molecule has 3 heterocycles. The molecule has 232 valence electrons. The molecule has 0 aliphatic carbocycles. The third-order valence-electron chi connectivity index (χ3n) is 7.76. The number of methoxy groups -OCH3 is 1. The SMILES string of the molecule is COc1c(C(C)(C)C)cc(-c2ncc(C3CCN(C(=O)Cn4cnc(CC(=O)O)c4C)CC3)s2)cc1C(C)(C)C.Cl.Cl. The lowest BCUT2D eigenvalue weighted by Crippen LogP contribution is -2.39. The Morgan fingerprint density at radius 2 is 1.60 bits per heavy atom. The number of piperidine rings is 1. The number of imidazole rings is 1. The zero-order valence-corrected chi connectivity index (χ0v) is 28.3. The quantitative estimate of drug-likeness (QED) is 0.306. The number of benzene rings is 1. The van der Waals surface area contributed by atoms with Gasteiger partial charge in [0.15, 0.2) is 0 Å². The Labute approximate surface area is 265 Å². The molecular formula is C31H44Cl2N4O4S. The molecule has 1 fully saturated rings. The number of nitrogens with zero attached hydrogens (tertiary/aromatic N) is 4. The molecule has 8 nitrogen and oxygen atoms in total. The Balaban J connectivity index is 0.00000308. The van der Waals surface area contributed by atoms with E-state index in [1.165, 1.54) is 16.0 Å². The first-order chi connectivity index (χ1) is 18.7. The molecule has 1 aliphatic heterocycles. The first-order valence-electron chi connectivity index (χ1n) is 13.9. The van der Waals surface area contributed by atoms with E-state index in [-0.39, 0.29) is 54.5 Å². The van der Waals surface area contributed by atoms with E-state index in [1.807, 2.05) is 18.0 Å². The molecular weight excluding hydrogens is 595 g/mol. The van der Waals surface area contributed by atoms with Crippen LogP contribution in [0.4, 0.5) is 0 Å². The second-order valence-electron chi connectivity index (χ2n) is 12.8. The second-order valence-corrected chi connectivity index (χ2v) is 13.9. The first kappa shape index (κ1) is 35.6. The van der Waals surface area contributed by atoms with Crippen LogP contribution in [0.15, 0.2) is 24.7 Å². The van der Waals surface area contributed by atoms with E-state index < -0.39 is 5.97 Å². The molecule has 0 atom stereocenters. The summed E-state index contributed by atoms with van der Waals surface area (Å²) >= 11 is 1.75. The highest BCUT2D eigenvalue weighted by atomic mass is 35.5. The number of aliphatic carboxylic acids is 1. The van der Waals surface area contributed by atoms with Gasteiger partial charge in [-0.15, -0.1) is 36.2 Å². The van der Waals surface area contributed by atoms with Crippen LogP contribution in [0.2, 0.25) is 0 Å². The average molecular weight is 640 g/mol. The number of hydrogen-bond donors (Lipinski definition) is 1. The molecule has 0 bridgehead atoms. The van der Waals surface area contributed by atoms with Gasteiger partial charge in [0.2, 0.25) is 5.91 Å². The van der Waals surface area contributed by atoms with Gasteiger partial charge in [0.05, 0.1) is 25.6 Å². The van der Waals surface area contributed by atoms with E-state index >= 15 is 0 Å². The third kappa shape index (κ3) is 7.85. The van der Waals surface area contributed by atoms with Crippen molar-refractivity contribution in [2.24, 2.45) is 0 Å². The molecule has 1 amide bonds. The van der Waals surface area contributed by atoms with Crippen molar-refractivity contribution in [3.8, 4) is 16.3 Å². The van der Waals surface area contributed by atoms with Gasteiger partial charge in [-0.3, -0.25) is 9.59 Å². The average Bonchev–Trinajstić information content (AvgIpc) is 3.50. The highest BCUT2D eigenvalue weighted by Crippen LogP contribution is 2.44. The molecule has 4 rings (SSSR count). The molecule has 3 aromatic rings. The number of carboxylic acids is 1. The van der Waals surface area contributed by atoms with E-state index in [4.69, 9.17) is 14.8 Å². The number of hydrogen-bond acceptors (Lipinski definition) is 6. The molecule has 1 aromatic carbocycles. The number of likely N-dealkylation sites (tertiary alicyclic amines) is 1. The molecule has 0 saturated carbocycles. The number of ether oxygens (including phenoxy) is 1. The Bertz CT molecular complexity index is 1360. The van der Waals surface area contributed by atoms with Crippen molar-refractivity contribution in [2.75, 3.05) is 20.2 Å². The summed E-state index contributed by atoms with van der Waals surface area (Å²) in [5, 5.41) is 10.1. The number of thiazole rings is 1. The standard InChI is InChI=1S/C31H42N4O4S.2ClH/c1-19-24(15-27(37)38)33-18-35(19)17-26(36)34-11-9-20(10-12-34)25-16-32-29(40-25)21-13-22(30(2,3)4)28(39-8)23(14-21)31(5,6)7;;/h13-14,16,18,20H,9-12,15,17H2,1-8H3,(H,37,38);2*1H. The summed E-state index contributed by atoms with van der Waals surface area (Å²) in [5.41, 5.74) is 4.57. The van der Waals surface area contributed by atoms with Gasteiger partial charge in [0, 0.05) is 46.5 Å². The minimum absolute atomic E-state index is 0. The number of carbonyl (C=O) groups excluding carboxylic acids is 1.